The lowest BCUT2D eigenvalue weighted by atomic mass is 10.1. The van der Waals surface area contributed by atoms with Gasteiger partial charge in [-0.2, -0.15) is 0 Å². The number of rotatable bonds is 6. The van der Waals surface area contributed by atoms with Gasteiger partial charge in [-0.1, -0.05) is 18.2 Å². The first-order valence-electron chi connectivity index (χ1n) is 8.79. The Bertz CT molecular complexity index is 1230. The van der Waals surface area contributed by atoms with E-state index in [-0.39, 0.29) is 10.6 Å². The van der Waals surface area contributed by atoms with Gasteiger partial charge in [0, 0.05) is 29.7 Å². The average Bonchev–Trinajstić information content (AvgIpc) is 3.17. The van der Waals surface area contributed by atoms with Crippen LogP contribution in [0.4, 0.5) is 5.69 Å². The number of fused-ring (bicyclic) bond motifs is 1. The molecule has 2 aromatic carbocycles. The van der Waals surface area contributed by atoms with E-state index in [4.69, 9.17) is 9.47 Å². The van der Waals surface area contributed by atoms with E-state index in [0.29, 0.717) is 11.4 Å². The highest BCUT2D eigenvalue weighted by molar-refractivity contribution is 7.92. The highest BCUT2D eigenvalue weighted by atomic mass is 32.2. The summed E-state index contributed by atoms with van der Waals surface area (Å²) in [5.41, 5.74) is 2.98. The molecule has 0 radical (unpaired) electrons. The summed E-state index contributed by atoms with van der Waals surface area (Å²) in [5, 5.41) is 0. The minimum atomic E-state index is -3.83. The zero-order chi connectivity index (χ0) is 20.4. The summed E-state index contributed by atoms with van der Waals surface area (Å²) in [6.07, 6.45) is 3.85. The fourth-order valence-corrected chi connectivity index (χ4v) is 4.20. The van der Waals surface area contributed by atoms with E-state index < -0.39 is 10.0 Å². The average molecular weight is 409 g/mol. The van der Waals surface area contributed by atoms with Crippen molar-refractivity contribution < 1.29 is 17.9 Å². The summed E-state index contributed by atoms with van der Waals surface area (Å²) in [6.45, 7) is 0. The Hall–Kier alpha value is -3.52. The lowest BCUT2D eigenvalue weighted by molar-refractivity contribution is 0.386. The predicted molar refractivity (Wildman–Crippen MR) is 111 cm³/mol. The molecule has 148 valence electrons. The minimum Gasteiger partial charge on any atom is -0.497 e. The fraction of sp³-hybridized carbons (Fsp3) is 0.0952. The number of sulfonamides is 1. The second-order valence-corrected chi connectivity index (χ2v) is 7.94. The molecule has 0 unspecified atom stereocenters. The molecule has 8 heteroatoms. The molecule has 7 nitrogen and oxygen atoms in total. The molecule has 4 rings (SSSR count). The molecule has 0 aliphatic carbocycles. The van der Waals surface area contributed by atoms with E-state index in [2.05, 4.69) is 9.71 Å². The molecule has 0 fully saturated rings. The van der Waals surface area contributed by atoms with Crippen molar-refractivity contribution in [2.75, 3.05) is 18.9 Å². The maximum Gasteiger partial charge on any atom is 0.265 e. The first-order chi connectivity index (χ1) is 14.0. The molecule has 4 aromatic rings. The summed E-state index contributed by atoms with van der Waals surface area (Å²) in [7, 11) is -0.909. The SMILES string of the molecule is COc1ccc(S(=O)(=O)Nc2ccc(-c3cn4ccccc4n3)cc2)c(OC)c1. The highest BCUT2D eigenvalue weighted by Crippen LogP contribution is 2.30. The van der Waals surface area contributed by atoms with E-state index in [1.807, 2.05) is 47.1 Å². The van der Waals surface area contributed by atoms with Gasteiger partial charge in [0.05, 0.1) is 19.9 Å². The highest BCUT2D eigenvalue weighted by Gasteiger charge is 2.20. The maximum absolute atomic E-state index is 12.8. The van der Waals surface area contributed by atoms with Crippen molar-refractivity contribution in [1.29, 1.82) is 0 Å². The molecule has 0 bridgehead atoms. The Kier molecular flexibility index (Phi) is 4.85. The van der Waals surface area contributed by atoms with Crippen LogP contribution in [0.25, 0.3) is 16.9 Å². The fourth-order valence-electron chi connectivity index (χ4n) is 2.99. The smallest absolute Gasteiger partial charge is 0.265 e. The van der Waals surface area contributed by atoms with Crippen LogP contribution < -0.4 is 14.2 Å². The number of aromatic nitrogens is 2. The number of benzene rings is 2. The van der Waals surface area contributed by atoms with Crippen LogP contribution in [0.3, 0.4) is 0 Å². The van der Waals surface area contributed by atoms with Crippen LogP contribution in [0.5, 0.6) is 11.5 Å². The molecular weight excluding hydrogens is 390 g/mol. The number of pyridine rings is 1. The van der Waals surface area contributed by atoms with Crippen LogP contribution in [-0.2, 0) is 10.0 Å². The van der Waals surface area contributed by atoms with Crippen LogP contribution in [0.15, 0.2) is 78.0 Å². The van der Waals surface area contributed by atoms with Gasteiger partial charge in [0.15, 0.2) is 0 Å². The van der Waals surface area contributed by atoms with Gasteiger partial charge in [-0.15, -0.1) is 0 Å². The van der Waals surface area contributed by atoms with Gasteiger partial charge in [0.1, 0.15) is 22.0 Å². The van der Waals surface area contributed by atoms with Crippen molar-refractivity contribution in [2.24, 2.45) is 0 Å². The minimum absolute atomic E-state index is 0.0326. The second-order valence-electron chi connectivity index (χ2n) is 6.29. The topological polar surface area (TPSA) is 81.9 Å². The van der Waals surface area contributed by atoms with Gasteiger partial charge in [-0.25, -0.2) is 13.4 Å². The number of methoxy groups -OCH3 is 2. The number of imidazole rings is 1. The lowest BCUT2D eigenvalue weighted by Gasteiger charge is -2.13. The standard InChI is InChI=1S/C21H19N3O4S/c1-27-17-10-11-20(19(13-17)28-2)29(25,26)23-16-8-6-15(7-9-16)18-14-24-12-4-3-5-21(24)22-18/h3-14,23H,1-2H3. The molecule has 29 heavy (non-hydrogen) atoms. The van der Waals surface area contributed by atoms with E-state index in [1.165, 1.54) is 26.4 Å². The van der Waals surface area contributed by atoms with Crippen molar-refractivity contribution in [3.63, 3.8) is 0 Å². The molecule has 0 aliphatic heterocycles. The number of hydrogen-bond acceptors (Lipinski definition) is 5. The van der Waals surface area contributed by atoms with Crippen LogP contribution >= 0.6 is 0 Å². The Morgan fingerprint density at radius 2 is 1.76 bits per heavy atom. The maximum atomic E-state index is 12.8. The van der Waals surface area contributed by atoms with Crippen molar-refractivity contribution in [3.8, 4) is 22.8 Å². The Labute approximate surface area is 168 Å². The molecule has 0 aliphatic rings. The van der Waals surface area contributed by atoms with Crippen LogP contribution in [0.1, 0.15) is 0 Å². The third-order valence-electron chi connectivity index (χ3n) is 4.46. The normalized spacial score (nSPS) is 11.4. The van der Waals surface area contributed by atoms with Crippen LogP contribution in [-0.4, -0.2) is 32.0 Å². The zero-order valence-corrected chi connectivity index (χ0v) is 16.7. The van der Waals surface area contributed by atoms with E-state index in [0.717, 1.165) is 16.9 Å². The molecule has 0 saturated heterocycles. The van der Waals surface area contributed by atoms with Crippen molar-refractivity contribution >= 4 is 21.4 Å². The number of ether oxygens (including phenoxy) is 2. The predicted octanol–water partition coefficient (Wildman–Crippen LogP) is 3.82. The first-order valence-corrected chi connectivity index (χ1v) is 10.3. The van der Waals surface area contributed by atoms with Gasteiger partial charge in [-0.05, 0) is 36.4 Å². The zero-order valence-electron chi connectivity index (χ0n) is 15.9. The number of hydrogen-bond donors (Lipinski definition) is 1. The summed E-state index contributed by atoms with van der Waals surface area (Å²) < 4.78 is 40.4. The van der Waals surface area contributed by atoms with E-state index >= 15 is 0 Å². The number of nitrogens with zero attached hydrogens (tertiary/aromatic N) is 2. The van der Waals surface area contributed by atoms with Crippen LogP contribution in [0.2, 0.25) is 0 Å². The van der Waals surface area contributed by atoms with Crippen molar-refractivity contribution in [3.05, 3.63) is 73.1 Å². The van der Waals surface area contributed by atoms with E-state index in [9.17, 15) is 8.42 Å². The van der Waals surface area contributed by atoms with Gasteiger partial charge in [-0.3, -0.25) is 4.72 Å². The summed E-state index contributed by atoms with van der Waals surface area (Å²) >= 11 is 0. The third-order valence-corrected chi connectivity index (χ3v) is 5.88. The molecular formula is C21H19N3O4S. The largest absolute Gasteiger partial charge is 0.497 e. The Morgan fingerprint density at radius 3 is 2.45 bits per heavy atom. The molecule has 0 amide bonds. The lowest BCUT2D eigenvalue weighted by Crippen LogP contribution is -2.14. The van der Waals surface area contributed by atoms with Crippen LogP contribution in [0, 0.1) is 0 Å². The quantitative estimate of drug-likeness (QED) is 0.524. The van der Waals surface area contributed by atoms with Gasteiger partial charge in [0.25, 0.3) is 10.0 Å². The Balaban J connectivity index is 1.59. The van der Waals surface area contributed by atoms with E-state index in [1.54, 1.807) is 18.2 Å². The van der Waals surface area contributed by atoms with Gasteiger partial charge < -0.3 is 13.9 Å². The number of nitrogens with one attached hydrogen (secondary N) is 1. The Morgan fingerprint density at radius 1 is 0.966 bits per heavy atom. The molecule has 0 atom stereocenters. The molecule has 0 saturated carbocycles. The second kappa shape index (κ2) is 7.48. The van der Waals surface area contributed by atoms with Gasteiger partial charge >= 0.3 is 0 Å². The molecule has 2 aromatic heterocycles. The van der Waals surface area contributed by atoms with Gasteiger partial charge in [0.2, 0.25) is 0 Å². The van der Waals surface area contributed by atoms with Crippen molar-refractivity contribution in [1.82, 2.24) is 9.38 Å². The molecule has 0 spiro atoms. The number of anilines is 1. The van der Waals surface area contributed by atoms with Crippen molar-refractivity contribution in [2.45, 2.75) is 4.90 Å². The summed E-state index contributed by atoms with van der Waals surface area (Å²) in [5.74, 6) is 0.718. The summed E-state index contributed by atoms with van der Waals surface area (Å²) in [6, 6.07) is 17.4. The summed E-state index contributed by atoms with van der Waals surface area (Å²) in [4.78, 5) is 4.60. The monoisotopic (exact) mass is 409 g/mol. The first kappa shape index (κ1) is 18.8. The molecule has 2 heterocycles. The third kappa shape index (κ3) is 3.74. The molecule has 1 N–H and O–H groups in total.